The molecule has 0 spiro atoms. The lowest BCUT2D eigenvalue weighted by atomic mass is 9.77. The van der Waals surface area contributed by atoms with Crippen molar-refractivity contribution in [1.82, 2.24) is 5.32 Å². The molecule has 3 rings (SSSR count). The van der Waals surface area contributed by atoms with Crippen LogP contribution in [0.2, 0.25) is 0 Å². The maximum atomic E-state index is 12.3. The number of anilines is 1. The van der Waals surface area contributed by atoms with Gasteiger partial charge in [0.1, 0.15) is 6.61 Å². The number of hydrogen-bond donors (Lipinski definition) is 2. The fraction of sp³-hybridized carbons (Fsp3) is 0.375. The summed E-state index contributed by atoms with van der Waals surface area (Å²) < 4.78 is 17.7. The van der Waals surface area contributed by atoms with Gasteiger partial charge in [0.15, 0.2) is 0 Å². The number of benzene rings is 2. The number of alkyl carbamates (subject to hydrolysis) is 1. The second kappa shape index (κ2) is 9.16. The average Bonchev–Trinajstić information content (AvgIpc) is 2.94. The van der Waals surface area contributed by atoms with Gasteiger partial charge in [-0.25, -0.2) is 4.79 Å². The second-order valence-corrected chi connectivity index (χ2v) is 8.84. The van der Waals surface area contributed by atoms with Crippen LogP contribution < -0.4 is 11.1 Å². The number of aryl methyl sites for hydroxylation is 1. The van der Waals surface area contributed by atoms with Crippen molar-refractivity contribution in [2.75, 3.05) is 12.3 Å². The van der Waals surface area contributed by atoms with Crippen molar-refractivity contribution >= 4 is 25.0 Å². The maximum Gasteiger partial charge on any atom is 0.492 e. The van der Waals surface area contributed by atoms with Crippen LogP contribution in [0.15, 0.2) is 54.0 Å². The number of rotatable bonds is 6. The molecular weight excluding hydrogens is 391 g/mol. The lowest BCUT2D eigenvalue weighted by Crippen LogP contribution is -2.41. The van der Waals surface area contributed by atoms with Crippen molar-refractivity contribution in [3.05, 3.63) is 70.7 Å². The van der Waals surface area contributed by atoms with Gasteiger partial charge in [0.2, 0.25) is 0 Å². The van der Waals surface area contributed by atoms with Crippen molar-refractivity contribution in [3.63, 3.8) is 0 Å². The predicted octanol–water partition coefficient (Wildman–Crippen LogP) is 4.52. The average molecular weight is 422 g/mol. The molecule has 6 nitrogen and oxygen atoms in total. The third-order valence-corrected chi connectivity index (χ3v) is 5.86. The molecule has 1 aliphatic rings. The van der Waals surface area contributed by atoms with E-state index in [0.717, 1.165) is 22.2 Å². The minimum Gasteiger partial charge on any atom is -0.445 e. The van der Waals surface area contributed by atoms with Crippen LogP contribution in [0, 0.1) is 6.92 Å². The molecule has 1 saturated heterocycles. The van der Waals surface area contributed by atoms with E-state index in [9.17, 15) is 4.79 Å². The Balaban J connectivity index is 1.73. The molecule has 0 saturated carbocycles. The van der Waals surface area contributed by atoms with E-state index in [-0.39, 0.29) is 13.2 Å². The second-order valence-electron chi connectivity index (χ2n) is 8.84. The van der Waals surface area contributed by atoms with Crippen LogP contribution in [0.5, 0.6) is 0 Å². The van der Waals surface area contributed by atoms with Gasteiger partial charge in [0.05, 0.1) is 11.2 Å². The Morgan fingerprint density at radius 3 is 2.35 bits per heavy atom. The molecule has 1 aliphatic heterocycles. The van der Waals surface area contributed by atoms with Crippen LogP contribution in [0.25, 0.3) is 6.08 Å². The first-order valence-corrected chi connectivity index (χ1v) is 10.4. The summed E-state index contributed by atoms with van der Waals surface area (Å²) in [6.07, 6.45) is 1.43. The lowest BCUT2D eigenvalue weighted by molar-refractivity contribution is 0.00578. The van der Waals surface area contributed by atoms with Crippen LogP contribution in [-0.4, -0.2) is 31.0 Å². The zero-order valence-electron chi connectivity index (χ0n) is 18.9. The van der Waals surface area contributed by atoms with Gasteiger partial charge in [0, 0.05) is 12.2 Å². The van der Waals surface area contributed by atoms with Crippen LogP contribution in [0.3, 0.4) is 0 Å². The Hall–Kier alpha value is -2.77. The zero-order chi connectivity index (χ0) is 22.6. The van der Waals surface area contributed by atoms with Gasteiger partial charge >= 0.3 is 13.2 Å². The molecular formula is C24H31BN2O4. The highest BCUT2D eigenvalue weighted by Crippen LogP contribution is 2.38. The van der Waals surface area contributed by atoms with Crippen molar-refractivity contribution in [3.8, 4) is 0 Å². The third kappa shape index (κ3) is 5.68. The number of carbonyl (C=O) groups is 1. The lowest BCUT2D eigenvalue weighted by Gasteiger charge is -2.32. The van der Waals surface area contributed by atoms with Crippen LogP contribution in [-0.2, 0) is 20.7 Å². The number of ether oxygens (including phenoxy) is 1. The minimum absolute atomic E-state index is 0.205. The van der Waals surface area contributed by atoms with E-state index in [1.807, 2.05) is 89.2 Å². The van der Waals surface area contributed by atoms with Gasteiger partial charge < -0.3 is 25.1 Å². The van der Waals surface area contributed by atoms with Crippen molar-refractivity contribution in [1.29, 1.82) is 0 Å². The van der Waals surface area contributed by atoms with Gasteiger partial charge in [0.25, 0.3) is 0 Å². The molecule has 1 heterocycles. The zero-order valence-corrected chi connectivity index (χ0v) is 18.9. The quantitative estimate of drug-likeness (QED) is 0.529. The monoisotopic (exact) mass is 422 g/mol. The summed E-state index contributed by atoms with van der Waals surface area (Å²) >= 11 is 0. The summed E-state index contributed by atoms with van der Waals surface area (Å²) in [7, 11) is -0.595. The molecule has 0 bridgehead atoms. The molecule has 0 aliphatic carbocycles. The number of amides is 1. The van der Waals surface area contributed by atoms with Crippen LogP contribution >= 0.6 is 0 Å². The van der Waals surface area contributed by atoms with Gasteiger partial charge in [-0.15, -0.1) is 0 Å². The van der Waals surface area contributed by atoms with E-state index in [1.165, 1.54) is 0 Å². The number of nitrogens with one attached hydrogen (secondary N) is 1. The minimum atomic E-state index is -0.595. The fourth-order valence-corrected chi connectivity index (χ4v) is 3.11. The molecule has 0 aromatic heterocycles. The molecule has 1 amide bonds. The summed E-state index contributed by atoms with van der Waals surface area (Å²) in [5.41, 5.74) is 9.42. The van der Waals surface area contributed by atoms with Crippen molar-refractivity contribution < 1.29 is 18.8 Å². The Morgan fingerprint density at radius 1 is 1.10 bits per heavy atom. The maximum absolute atomic E-state index is 12.3. The molecule has 7 heteroatoms. The van der Waals surface area contributed by atoms with Crippen molar-refractivity contribution in [2.24, 2.45) is 0 Å². The van der Waals surface area contributed by atoms with Gasteiger partial charge in [-0.1, -0.05) is 48.5 Å². The molecule has 3 N–H and O–H groups in total. The fourth-order valence-electron chi connectivity index (χ4n) is 3.11. The highest BCUT2D eigenvalue weighted by Gasteiger charge is 2.52. The first-order valence-electron chi connectivity index (χ1n) is 10.4. The topological polar surface area (TPSA) is 82.8 Å². The van der Waals surface area contributed by atoms with Gasteiger partial charge in [-0.2, -0.15) is 0 Å². The molecule has 1 fully saturated rings. The highest BCUT2D eigenvalue weighted by atomic mass is 16.7. The molecule has 0 atom stereocenters. The van der Waals surface area contributed by atoms with Crippen LogP contribution in [0.1, 0.15) is 44.4 Å². The number of hydrogen-bond acceptors (Lipinski definition) is 5. The molecule has 0 radical (unpaired) electrons. The first-order chi connectivity index (χ1) is 14.6. The number of carbonyl (C=O) groups excluding carboxylic acids is 1. The summed E-state index contributed by atoms with van der Waals surface area (Å²) in [4.78, 5) is 12.3. The summed E-state index contributed by atoms with van der Waals surface area (Å²) in [5.74, 6) is 0. The van der Waals surface area contributed by atoms with E-state index in [0.29, 0.717) is 5.69 Å². The van der Waals surface area contributed by atoms with E-state index >= 15 is 0 Å². The van der Waals surface area contributed by atoms with Gasteiger partial charge in [-0.3, -0.25) is 0 Å². The standard InChI is InChI=1S/C24H31BN2O4/c1-17-11-12-19(14-21(17)26)13-20(25-30-23(2,3)24(4,5)31-25)15-27-22(28)29-16-18-9-7-6-8-10-18/h6-14H,15-16,26H2,1-5H3,(H,27,28). The predicted molar refractivity (Wildman–Crippen MR) is 124 cm³/mol. The first kappa shape index (κ1) is 22.9. The number of nitrogen functional groups attached to an aromatic ring is 1. The van der Waals surface area contributed by atoms with Crippen LogP contribution in [0.4, 0.5) is 10.5 Å². The summed E-state index contributed by atoms with van der Waals surface area (Å²) in [6.45, 7) is 10.4. The Bertz CT molecular complexity index is 941. The molecule has 164 valence electrons. The Kier molecular flexibility index (Phi) is 6.77. The van der Waals surface area contributed by atoms with E-state index < -0.39 is 24.4 Å². The van der Waals surface area contributed by atoms with E-state index in [2.05, 4.69) is 5.32 Å². The third-order valence-electron chi connectivity index (χ3n) is 5.86. The smallest absolute Gasteiger partial charge is 0.445 e. The SMILES string of the molecule is Cc1ccc(C=C(CNC(=O)OCc2ccccc2)B2OC(C)(C)C(C)(C)O2)cc1N. The molecule has 31 heavy (non-hydrogen) atoms. The largest absolute Gasteiger partial charge is 0.492 e. The van der Waals surface area contributed by atoms with Crippen molar-refractivity contribution in [2.45, 2.75) is 52.4 Å². The normalized spacial score (nSPS) is 17.5. The highest BCUT2D eigenvalue weighted by molar-refractivity contribution is 6.56. The van der Waals surface area contributed by atoms with E-state index in [1.54, 1.807) is 0 Å². The number of nitrogens with two attached hydrogens (primary N) is 1. The molecule has 2 aromatic rings. The summed E-state index contributed by atoms with van der Waals surface area (Å²) in [6, 6.07) is 15.4. The molecule has 0 unspecified atom stereocenters. The Labute approximate surface area is 184 Å². The van der Waals surface area contributed by atoms with Gasteiger partial charge in [-0.05, 0) is 62.8 Å². The summed E-state index contributed by atoms with van der Waals surface area (Å²) in [5, 5.41) is 2.81. The van der Waals surface area contributed by atoms with E-state index in [4.69, 9.17) is 19.8 Å². The molecule has 2 aromatic carbocycles. The Morgan fingerprint density at radius 2 is 1.74 bits per heavy atom.